The second-order valence-electron chi connectivity index (χ2n) is 5.00. The van der Waals surface area contributed by atoms with Gasteiger partial charge in [-0.25, -0.2) is 13.1 Å². The third-order valence-corrected chi connectivity index (χ3v) is 5.03. The van der Waals surface area contributed by atoms with Crippen molar-refractivity contribution in [3.8, 4) is 0 Å². The molecule has 1 rings (SSSR count). The minimum absolute atomic E-state index is 0.00801. The van der Waals surface area contributed by atoms with Gasteiger partial charge in [-0.3, -0.25) is 0 Å². The Morgan fingerprint density at radius 3 is 2.16 bits per heavy atom. The Bertz CT molecular complexity index is 515. The number of anilines is 1. The number of nitrogen functional groups attached to an aromatic ring is 1. The first-order chi connectivity index (χ1) is 8.81. The molecule has 4 nitrogen and oxygen atoms in total. The standard InChI is InChI=1S/C14H24N2O2S/c1-5-7-13(6-2)16-19(17,18)14-10(3)8-12(15)9-11(14)4/h8-9,13,16H,5-7,15H2,1-4H3. The predicted octanol–water partition coefficient (Wildman–Crippen LogP) is 2.74. The number of nitrogens with one attached hydrogen (secondary N) is 1. The van der Waals surface area contributed by atoms with Gasteiger partial charge in [-0.05, 0) is 49.9 Å². The highest BCUT2D eigenvalue weighted by atomic mass is 32.2. The maximum Gasteiger partial charge on any atom is 0.241 e. The molecular weight excluding hydrogens is 260 g/mol. The van der Waals surface area contributed by atoms with E-state index in [1.165, 1.54) is 0 Å². The highest BCUT2D eigenvalue weighted by Gasteiger charge is 2.22. The van der Waals surface area contributed by atoms with E-state index in [0.717, 1.165) is 19.3 Å². The summed E-state index contributed by atoms with van der Waals surface area (Å²) < 4.78 is 27.7. The fraction of sp³-hybridized carbons (Fsp3) is 0.571. The monoisotopic (exact) mass is 284 g/mol. The van der Waals surface area contributed by atoms with Crippen LogP contribution >= 0.6 is 0 Å². The van der Waals surface area contributed by atoms with Gasteiger partial charge >= 0.3 is 0 Å². The van der Waals surface area contributed by atoms with Crippen LogP contribution in [-0.4, -0.2) is 14.5 Å². The first-order valence-corrected chi connectivity index (χ1v) is 8.19. The zero-order chi connectivity index (χ0) is 14.6. The number of sulfonamides is 1. The molecule has 1 unspecified atom stereocenters. The lowest BCUT2D eigenvalue weighted by Crippen LogP contribution is -2.35. The van der Waals surface area contributed by atoms with Crippen LogP contribution in [-0.2, 0) is 10.0 Å². The Kier molecular flexibility index (Phi) is 5.38. The molecule has 1 aromatic carbocycles. The Morgan fingerprint density at radius 1 is 1.21 bits per heavy atom. The quantitative estimate of drug-likeness (QED) is 0.789. The lowest BCUT2D eigenvalue weighted by Gasteiger charge is -2.18. The molecule has 0 spiro atoms. The third-order valence-electron chi connectivity index (χ3n) is 3.20. The van der Waals surface area contributed by atoms with E-state index in [9.17, 15) is 8.42 Å². The Hall–Kier alpha value is -1.07. The lowest BCUT2D eigenvalue weighted by molar-refractivity contribution is 0.512. The molecule has 1 aromatic rings. The topological polar surface area (TPSA) is 72.2 Å². The van der Waals surface area contributed by atoms with E-state index in [1.807, 2.05) is 6.92 Å². The van der Waals surface area contributed by atoms with Gasteiger partial charge in [0.05, 0.1) is 4.90 Å². The van der Waals surface area contributed by atoms with Crippen molar-refractivity contribution in [2.45, 2.75) is 57.9 Å². The van der Waals surface area contributed by atoms with Crippen molar-refractivity contribution < 1.29 is 8.42 Å². The summed E-state index contributed by atoms with van der Waals surface area (Å²) in [6, 6.07) is 3.39. The summed E-state index contributed by atoms with van der Waals surface area (Å²) in [7, 11) is -3.48. The second kappa shape index (κ2) is 6.39. The van der Waals surface area contributed by atoms with Crippen LogP contribution in [0, 0.1) is 13.8 Å². The maximum absolute atomic E-state index is 12.5. The molecule has 0 radical (unpaired) electrons. The molecule has 0 aromatic heterocycles. The fourth-order valence-electron chi connectivity index (χ4n) is 2.38. The molecule has 0 amide bonds. The van der Waals surface area contributed by atoms with Gasteiger partial charge in [-0.2, -0.15) is 0 Å². The van der Waals surface area contributed by atoms with E-state index < -0.39 is 10.0 Å². The fourth-order valence-corrected chi connectivity index (χ4v) is 4.19. The van der Waals surface area contributed by atoms with Crippen LogP contribution < -0.4 is 10.5 Å². The van der Waals surface area contributed by atoms with Gasteiger partial charge in [0.2, 0.25) is 10.0 Å². The minimum Gasteiger partial charge on any atom is -0.399 e. The number of aryl methyl sites for hydroxylation is 2. The summed E-state index contributed by atoms with van der Waals surface area (Å²) in [5.74, 6) is 0. The third kappa shape index (κ3) is 3.94. The van der Waals surface area contributed by atoms with E-state index in [0.29, 0.717) is 21.7 Å². The molecular formula is C14H24N2O2S. The molecule has 0 fully saturated rings. The smallest absolute Gasteiger partial charge is 0.241 e. The van der Waals surface area contributed by atoms with Crippen LogP contribution in [0.3, 0.4) is 0 Å². The number of nitrogens with two attached hydrogens (primary N) is 1. The molecule has 108 valence electrons. The Labute approximate surface area is 116 Å². The number of hydrogen-bond acceptors (Lipinski definition) is 3. The van der Waals surface area contributed by atoms with Gasteiger partial charge in [0.15, 0.2) is 0 Å². The lowest BCUT2D eigenvalue weighted by atomic mass is 10.1. The second-order valence-corrected chi connectivity index (χ2v) is 6.65. The molecule has 0 saturated heterocycles. The normalized spacial score (nSPS) is 13.5. The highest BCUT2D eigenvalue weighted by molar-refractivity contribution is 7.89. The molecule has 1 atom stereocenters. The zero-order valence-corrected chi connectivity index (χ0v) is 13.0. The molecule has 0 heterocycles. The van der Waals surface area contributed by atoms with Crippen LogP contribution in [0.1, 0.15) is 44.2 Å². The maximum atomic E-state index is 12.5. The molecule has 0 saturated carbocycles. The average molecular weight is 284 g/mol. The van der Waals surface area contributed by atoms with Crippen molar-refractivity contribution in [1.82, 2.24) is 4.72 Å². The van der Waals surface area contributed by atoms with Crippen molar-refractivity contribution in [1.29, 1.82) is 0 Å². The van der Waals surface area contributed by atoms with E-state index in [4.69, 9.17) is 5.73 Å². The van der Waals surface area contributed by atoms with Gasteiger partial charge in [-0.15, -0.1) is 0 Å². The first-order valence-electron chi connectivity index (χ1n) is 6.70. The summed E-state index contributed by atoms with van der Waals surface area (Å²) in [6.07, 6.45) is 2.60. The number of benzene rings is 1. The summed E-state index contributed by atoms with van der Waals surface area (Å²) >= 11 is 0. The van der Waals surface area contributed by atoms with Gasteiger partial charge in [-0.1, -0.05) is 20.3 Å². The van der Waals surface area contributed by atoms with Crippen molar-refractivity contribution in [3.63, 3.8) is 0 Å². The van der Waals surface area contributed by atoms with E-state index in [-0.39, 0.29) is 6.04 Å². The van der Waals surface area contributed by atoms with E-state index in [2.05, 4.69) is 11.6 Å². The van der Waals surface area contributed by atoms with Gasteiger partial charge in [0.25, 0.3) is 0 Å². The van der Waals surface area contributed by atoms with Crippen LogP contribution in [0.15, 0.2) is 17.0 Å². The molecule has 0 aliphatic rings. The predicted molar refractivity (Wildman–Crippen MR) is 79.6 cm³/mol. The largest absolute Gasteiger partial charge is 0.399 e. The van der Waals surface area contributed by atoms with Crippen molar-refractivity contribution >= 4 is 15.7 Å². The van der Waals surface area contributed by atoms with Crippen molar-refractivity contribution in [2.24, 2.45) is 0 Å². The average Bonchev–Trinajstić information content (AvgIpc) is 2.25. The summed E-state index contributed by atoms with van der Waals surface area (Å²) in [5.41, 5.74) is 7.71. The summed E-state index contributed by atoms with van der Waals surface area (Å²) in [4.78, 5) is 0.358. The SMILES string of the molecule is CCCC(CC)NS(=O)(=O)c1c(C)cc(N)cc1C. The van der Waals surface area contributed by atoms with Crippen molar-refractivity contribution in [3.05, 3.63) is 23.3 Å². The minimum atomic E-state index is -3.48. The number of rotatable bonds is 6. The zero-order valence-electron chi connectivity index (χ0n) is 12.2. The first kappa shape index (κ1) is 16.0. The Balaban J connectivity index is 3.14. The van der Waals surface area contributed by atoms with E-state index in [1.54, 1.807) is 26.0 Å². The van der Waals surface area contributed by atoms with Crippen LogP contribution in [0.5, 0.6) is 0 Å². The van der Waals surface area contributed by atoms with Gasteiger partial charge in [0.1, 0.15) is 0 Å². The molecule has 0 bridgehead atoms. The Morgan fingerprint density at radius 2 is 1.74 bits per heavy atom. The molecule has 0 aliphatic heterocycles. The highest BCUT2D eigenvalue weighted by Crippen LogP contribution is 2.23. The van der Waals surface area contributed by atoms with Crippen molar-refractivity contribution in [2.75, 3.05) is 5.73 Å². The van der Waals surface area contributed by atoms with Crippen LogP contribution in [0.2, 0.25) is 0 Å². The molecule has 3 N–H and O–H groups in total. The molecule has 19 heavy (non-hydrogen) atoms. The summed E-state index contributed by atoms with van der Waals surface area (Å²) in [5, 5.41) is 0. The summed E-state index contributed by atoms with van der Waals surface area (Å²) in [6.45, 7) is 7.60. The van der Waals surface area contributed by atoms with Gasteiger partial charge < -0.3 is 5.73 Å². The van der Waals surface area contributed by atoms with Crippen LogP contribution in [0.25, 0.3) is 0 Å². The molecule has 5 heteroatoms. The van der Waals surface area contributed by atoms with E-state index >= 15 is 0 Å². The number of hydrogen-bond donors (Lipinski definition) is 2. The van der Waals surface area contributed by atoms with Crippen LogP contribution in [0.4, 0.5) is 5.69 Å². The molecule has 0 aliphatic carbocycles. The van der Waals surface area contributed by atoms with Gasteiger partial charge in [0, 0.05) is 11.7 Å².